The predicted octanol–water partition coefficient (Wildman–Crippen LogP) is 5.01. The lowest BCUT2D eigenvalue weighted by Crippen LogP contribution is -2.48. The molecule has 0 saturated carbocycles. The molecule has 0 aliphatic carbocycles. The molecule has 156 valence electrons. The van der Waals surface area contributed by atoms with Gasteiger partial charge in [0.2, 0.25) is 5.91 Å². The summed E-state index contributed by atoms with van der Waals surface area (Å²) in [6.45, 7) is 22.1. The van der Waals surface area contributed by atoms with Gasteiger partial charge in [-0.3, -0.25) is 14.5 Å². The normalized spacial score (nSPS) is 19.7. The Kier molecular flexibility index (Phi) is 16.0. The van der Waals surface area contributed by atoms with Crippen LogP contribution >= 0.6 is 0 Å². The quantitative estimate of drug-likeness (QED) is 0.701. The largest absolute Gasteiger partial charge is 0.342 e. The number of nitrogens with zero attached hydrogens (tertiary/aromatic N) is 2. The van der Waals surface area contributed by atoms with Crippen molar-refractivity contribution in [3.63, 3.8) is 0 Å². The molecule has 0 atom stereocenters. The summed E-state index contributed by atoms with van der Waals surface area (Å²) in [5.74, 6) is 1.30. The lowest BCUT2D eigenvalue weighted by atomic mass is 9.77. The molecule has 0 spiro atoms. The van der Waals surface area contributed by atoms with Crippen LogP contribution in [-0.4, -0.2) is 54.2 Å². The van der Waals surface area contributed by atoms with Gasteiger partial charge < -0.3 is 4.90 Å². The summed E-state index contributed by atoms with van der Waals surface area (Å²) in [6, 6.07) is 0. The minimum absolute atomic E-state index is 0.211. The summed E-state index contributed by atoms with van der Waals surface area (Å²) in [5.41, 5.74) is -0.211. The Labute approximate surface area is 163 Å². The summed E-state index contributed by atoms with van der Waals surface area (Å²) in [7, 11) is 0. The lowest BCUT2D eigenvalue weighted by molar-refractivity contribution is -0.138. The summed E-state index contributed by atoms with van der Waals surface area (Å²) >= 11 is 0. The highest BCUT2D eigenvalue weighted by atomic mass is 16.2. The van der Waals surface area contributed by atoms with E-state index in [-0.39, 0.29) is 17.1 Å². The van der Waals surface area contributed by atoms with Crippen molar-refractivity contribution in [1.82, 2.24) is 9.80 Å². The zero-order chi connectivity index (χ0) is 20.8. The van der Waals surface area contributed by atoms with Gasteiger partial charge in [-0.15, -0.1) is 0 Å². The fourth-order valence-electron chi connectivity index (χ4n) is 3.11. The monoisotopic (exact) mass is 370 g/mol. The number of rotatable bonds is 3. The number of likely N-dealkylation sites (tertiary alicyclic amines) is 2. The van der Waals surface area contributed by atoms with E-state index < -0.39 is 0 Å². The van der Waals surface area contributed by atoms with Gasteiger partial charge in [-0.2, -0.15) is 0 Å². The highest BCUT2D eigenvalue weighted by Crippen LogP contribution is 2.31. The number of hydrogen-bond donors (Lipinski definition) is 0. The van der Waals surface area contributed by atoms with Gasteiger partial charge in [0.15, 0.2) is 0 Å². The Morgan fingerprint density at radius 1 is 0.885 bits per heavy atom. The van der Waals surface area contributed by atoms with E-state index in [1.54, 1.807) is 6.92 Å². The van der Waals surface area contributed by atoms with E-state index in [0.717, 1.165) is 44.9 Å². The summed E-state index contributed by atoms with van der Waals surface area (Å²) in [4.78, 5) is 28.2. The molecule has 2 fully saturated rings. The molecule has 2 saturated heterocycles. The first-order valence-electron chi connectivity index (χ1n) is 10.9. The highest BCUT2D eigenvalue weighted by molar-refractivity contribution is 5.83. The minimum atomic E-state index is -0.211. The topological polar surface area (TPSA) is 40.6 Å². The first-order valence-corrected chi connectivity index (χ1v) is 10.9. The third kappa shape index (κ3) is 9.16. The molecule has 0 aromatic heterocycles. The van der Waals surface area contributed by atoms with Crippen molar-refractivity contribution in [3.8, 4) is 0 Å². The molecular formula is C22H46N2O2. The van der Waals surface area contributed by atoms with Crippen molar-refractivity contribution in [2.45, 2.75) is 88.0 Å². The molecule has 0 bridgehead atoms. The van der Waals surface area contributed by atoms with Crippen LogP contribution in [0.4, 0.5) is 0 Å². The summed E-state index contributed by atoms with van der Waals surface area (Å²) < 4.78 is 0. The van der Waals surface area contributed by atoms with Crippen molar-refractivity contribution >= 4 is 11.7 Å². The van der Waals surface area contributed by atoms with Gasteiger partial charge in [-0.25, -0.2) is 0 Å². The van der Waals surface area contributed by atoms with Crippen LogP contribution < -0.4 is 0 Å². The Morgan fingerprint density at radius 3 is 1.69 bits per heavy atom. The van der Waals surface area contributed by atoms with Gasteiger partial charge >= 0.3 is 0 Å². The molecule has 4 nitrogen and oxygen atoms in total. The highest BCUT2D eigenvalue weighted by Gasteiger charge is 2.35. The predicted molar refractivity (Wildman–Crippen MR) is 113 cm³/mol. The second-order valence-electron chi connectivity index (χ2n) is 6.96. The Balaban J connectivity index is 0. The van der Waals surface area contributed by atoms with Gasteiger partial charge in [-0.1, -0.05) is 55.4 Å². The molecule has 0 N–H and O–H groups in total. The van der Waals surface area contributed by atoms with E-state index in [0.29, 0.717) is 6.54 Å². The van der Waals surface area contributed by atoms with Crippen LogP contribution in [0.5, 0.6) is 0 Å². The van der Waals surface area contributed by atoms with Crippen molar-refractivity contribution in [2.24, 2.45) is 11.3 Å². The molecule has 2 aliphatic rings. The van der Waals surface area contributed by atoms with Gasteiger partial charge in [0.1, 0.15) is 5.78 Å². The van der Waals surface area contributed by atoms with Gasteiger partial charge in [0.25, 0.3) is 0 Å². The first-order chi connectivity index (χ1) is 12.4. The van der Waals surface area contributed by atoms with Crippen molar-refractivity contribution < 1.29 is 9.59 Å². The van der Waals surface area contributed by atoms with E-state index in [9.17, 15) is 9.59 Å². The smallest absolute Gasteiger partial charge is 0.236 e. The van der Waals surface area contributed by atoms with Crippen LogP contribution in [0.1, 0.15) is 88.0 Å². The number of hydrogen-bond acceptors (Lipinski definition) is 3. The number of carbonyl (C=O) groups excluding carboxylic acids is 2. The molecule has 4 heteroatoms. The maximum Gasteiger partial charge on any atom is 0.236 e. The van der Waals surface area contributed by atoms with E-state index in [1.807, 2.05) is 53.4 Å². The van der Waals surface area contributed by atoms with Crippen LogP contribution in [0, 0.1) is 11.3 Å². The van der Waals surface area contributed by atoms with E-state index in [1.165, 1.54) is 12.8 Å². The third-order valence-corrected chi connectivity index (χ3v) is 5.30. The second kappa shape index (κ2) is 15.2. The number of amides is 1. The van der Waals surface area contributed by atoms with Crippen LogP contribution in [-0.2, 0) is 9.59 Å². The molecule has 1 amide bonds. The van der Waals surface area contributed by atoms with Crippen molar-refractivity contribution in [2.75, 3.05) is 32.7 Å². The SMILES string of the molecule is CC.CC.CC.CC(=O)C1(C)CCN(C(=O)CN2CCC(C)CC2)CC1. The van der Waals surface area contributed by atoms with Crippen molar-refractivity contribution in [3.05, 3.63) is 0 Å². The molecule has 0 radical (unpaired) electrons. The first kappa shape index (κ1) is 27.3. The number of carbonyl (C=O) groups is 2. The third-order valence-electron chi connectivity index (χ3n) is 5.30. The molecule has 0 unspecified atom stereocenters. The van der Waals surface area contributed by atoms with Crippen LogP contribution in [0.15, 0.2) is 0 Å². The number of Topliss-reactive ketones (excluding diaryl/α,β-unsaturated/α-hetero) is 1. The molecule has 26 heavy (non-hydrogen) atoms. The maximum atomic E-state index is 12.3. The number of ketones is 1. The summed E-state index contributed by atoms with van der Waals surface area (Å²) in [5, 5.41) is 0. The van der Waals surface area contributed by atoms with Crippen LogP contribution in [0.3, 0.4) is 0 Å². The van der Waals surface area contributed by atoms with E-state index in [4.69, 9.17) is 0 Å². The average molecular weight is 371 g/mol. The molecule has 2 aliphatic heterocycles. The van der Waals surface area contributed by atoms with Crippen molar-refractivity contribution in [1.29, 1.82) is 0 Å². The number of piperidine rings is 2. The molecule has 2 heterocycles. The van der Waals surface area contributed by atoms with Gasteiger partial charge in [0, 0.05) is 18.5 Å². The van der Waals surface area contributed by atoms with Crippen LogP contribution in [0.2, 0.25) is 0 Å². The molecular weight excluding hydrogens is 324 g/mol. The summed E-state index contributed by atoms with van der Waals surface area (Å²) in [6.07, 6.45) is 4.03. The van der Waals surface area contributed by atoms with Gasteiger partial charge in [-0.05, 0) is 51.6 Å². The Morgan fingerprint density at radius 2 is 1.31 bits per heavy atom. The lowest BCUT2D eigenvalue weighted by Gasteiger charge is -2.39. The fourth-order valence-corrected chi connectivity index (χ4v) is 3.11. The van der Waals surface area contributed by atoms with E-state index >= 15 is 0 Å². The Bertz CT molecular complexity index is 366. The van der Waals surface area contributed by atoms with Crippen LogP contribution in [0.25, 0.3) is 0 Å². The molecule has 0 aromatic rings. The van der Waals surface area contributed by atoms with Gasteiger partial charge in [0.05, 0.1) is 6.54 Å². The Hall–Kier alpha value is -0.900. The minimum Gasteiger partial charge on any atom is -0.342 e. The maximum absolute atomic E-state index is 12.3. The van der Waals surface area contributed by atoms with E-state index in [2.05, 4.69) is 11.8 Å². The fraction of sp³-hybridized carbons (Fsp3) is 0.909. The average Bonchev–Trinajstić information content (AvgIpc) is 2.69. The zero-order valence-corrected chi connectivity index (χ0v) is 19.2. The standard InChI is InChI=1S/C16H28N2O2.3C2H6/c1-13-4-8-17(9-5-13)12-15(20)18-10-6-16(3,7-11-18)14(2)19;3*1-2/h13H,4-12H2,1-3H3;3*1-2H3. The second-order valence-corrected chi connectivity index (χ2v) is 6.96. The zero-order valence-electron chi connectivity index (χ0n) is 19.2. The molecule has 2 rings (SSSR count). The molecule has 0 aromatic carbocycles.